The fourth-order valence-corrected chi connectivity index (χ4v) is 6.41. The van der Waals surface area contributed by atoms with Gasteiger partial charge in [0.1, 0.15) is 12.6 Å². The van der Waals surface area contributed by atoms with Crippen LogP contribution in [0.15, 0.2) is 120 Å². The molecule has 0 saturated heterocycles. The zero-order valence-electron chi connectivity index (χ0n) is 25.6. The number of benzene rings is 4. The zero-order valence-corrected chi connectivity index (χ0v) is 26.4. The van der Waals surface area contributed by atoms with Gasteiger partial charge in [-0.3, -0.25) is 13.9 Å². The Balaban J connectivity index is 1.78. The minimum Gasteiger partial charge on any atom is -0.354 e. The van der Waals surface area contributed by atoms with E-state index in [0.29, 0.717) is 12.2 Å². The smallest absolute Gasteiger partial charge is 0.264 e. The van der Waals surface area contributed by atoms with Gasteiger partial charge in [0.2, 0.25) is 11.8 Å². The van der Waals surface area contributed by atoms with Gasteiger partial charge in [0, 0.05) is 19.5 Å². The summed E-state index contributed by atoms with van der Waals surface area (Å²) in [7, 11) is -4.12. The maximum atomic E-state index is 14.4. The average Bonchev–Trinajstić information content (AvgIpc) is 3.05. The molecular weight excluding hydrogens is 570 g/mol. The standard InChI is InChI=1S/C36H41N3O4S/c1-4-24-37-36(41)34(25-29-14-8-5-9-15-29)38(26-30-16-10-6-11-17-30)35(40)27-39(32-22-20-31(21-23-32)28(2)3)44(42,43)33-18-12-7-13-19-33/h5-23,28,34H,4,24-27H2,1-3H3,(H,37,41). The molecular formula is C36H41N3O4S. The number of carbonyl (C=O) groups is 2. The molecule has 0 bridgehead atoms. The summed E-state index contributed by atoms with van der Waals surface area (Å²) in [5.41, 5.74) is 3.16. The first-order valence-corrected chi connectivity index (χ1v) is 16.5. The van der Waals surface area contributed by atoms with E-state index in [2.05, 4.69) is 19.2 Å². The Morgan fingerprint density at radius 1 is 0.750 bits per heavy atom. The maximum Gasteiger partial charge on any atom is 0.264 e. The molecule has 0 aliphatic carbocycles. The minimum absolute atomic E-state index is 0.0804. The molecule has 0 aliphatic rings. The van der Waals surface area contributed by atoms with E-state index in [0.717, 1.165) is 27.4 Å². The minimum atomic E-state index is -4.12. The Kier molecular flexibility index (Phi) is 11.3. The summed E-state index contributed by atoms with van der Waals surface area (Å²) in [4.78, 5) is 29.7. The summed E-state index contributed by atoms with van der Waals surface area (Å²) in [6.45, 7) is 6.23. The molecule has 0 radical (unpaired) electrons. The van der Waals surface area contributed by atoms with Gasteiger partial charge in [0.25, 0.3) is 10.0 Å². The second kappa shape index (κ2) is 15.3. The maximum absolute atomic E-state index is 14.4. The molecule has 8 heteroatoms. The summed E-state index contributed by atoms with van der Waals surface area (Å²) in [5.74, 6) is -0.501. The van der Waals surface area contributed by atoms with Gasteiger partial charge in [-0.05, 0) is 53.3 Å². The molecule has 0 saturated carbocycles. The van der Waals surface area contributed by atoms with E-state index in [1.807, 2.05) is 79.7 Å². The zero-order chi connectivity index (χ0) is 31.5. The van der Waals surface area contributed by atoms with Crippen LogP contribution in [0.25, 0.3) is 0 Å². The van der Waals surface area contributed by atoms with Crippen LogP contribution in [0.4, 0.5) is 5.69 Å². The average molecular weight is 612 g/mol. The Hall–Kier alpha value is -4.43. The normalized spacial score (nSPS) is 12.0. The van der Waals surface area contributed by atoms with E-state index in [4.69, 9.17) is 0 Å². The molecule has 0 spiro atoms. The quantitative estimate of drug-likeness (QED) is 0.185. The molecule has 4 rings (SSSR count). The Bertz CT molecular complexity index is 1590. The lowest BCUT2D eigenvalue weighted by molar-refractivity contribution is -0.140. The molecule has 0 fully saturated rings. The largest absolute Gasteiger partial charge is 0.354 e. The van der Waals surface area contributed by atoms with E-state index in [1.165, 1.54) is 17.0 Å². The summed E-state index contributed by atoms with van der Waals surface area (Å²) in [6.07, 6.45) is 1.02. The molecule has 0 aromatic heterocycles. The lowest BCUT2D eigenvalue weighted by atomic mass is 10.0. The molecule has 230 valence electrons. The van der Waals surface area contributed by atoms with Crippen LogP contribution in [0, 0.1) is 0 Å². The number of carbonyl (C=O) groups excluding carboxylic acids is 2. The van der Waals surface area contributed by atoms with Crippen molar-refractivity contribution < 1.29 is 18.0 Å². The topological polar surface area (TPSA) is 86.8 Å². The third-order valence-corrected chi connectivity index (χ3v) is 9.26. The number of anilines is 1. The van der Waals surface area contributed by atoms with E-state index < -0.39 is 28.5 Å². The van der Waals surface area contributed by atoms with E-state index >= 15 is 0 Å². The van der Waals surface area contributed by atoms with Gasteiger partial charge < -0.3 is 10.2 Å². The molecule has 4 aromatic rings. The van der Waals surface area contributed by atoms with Crippen molar-refractivity contribution in [3.63, 3.8) is 0 Å². The van der Waals surface area contributed by atoms with Crippen LogP contribution >= 0.6 is 0 Å². The summed E-state index contributed by atoms with van der Waals surface area (Å²) < 4.78 is 29.3. The predicted molar refractivity (Wildman–Crippen MR) is 176 cm³/mol. The van der Waals surface area contributed by atoms with Gasteiger partial charge >= 0.3 is 0 Å². The summed E-state index contributed by atoms with van der Waals surface area (Å²) in [6, 6.07) is 33.5. The number of rotatable bonds is 14. The van der Waals surface area contributed by atoms with Crippen LogP contribution in [0.1, 0.15) is 49.8 Å². The van der Waals surface area contributed by atoms with Crippen molar-refractivity contribution in [1.29, 1.82) is 0 Å². The van der Waals surface area contributed by atoms with E-state index in [-0.39, 0.29) is 29.7 Å². The molecule has 2 amide bonds. The van der Waals surface area contributed by atoms with Crippen LogP contribution < -0.4 is 9.62 Å². The molecule has 1 atom stereocenters. The second-order valence-electron chi connectivity index (χ2n) is 11.1. The van der Waals surface area contributed by atoms with Gasteiger partial charge in [-0.25, -0.2) is 8.42 Å². The lowest BCUT2D eigenvalue weighted by Gasteiger charge is -2.34. The monoisotopic (exact) mass is 611 g/mol. The number of nitrogens with one attached hydrogen (secondary N) is 1. The Morgan fingerprint density at radius 2 is 1.30 bits per heavy atom. The summed E-state index contributed by atoms with van der Waals surface area (Å²) in [5, 5.41) is 2.97. The highest BCUT2D eigenvalue weighted by Crippen LogP contribution is 2.27. The van der Waals surface area contributed by atoms with Crippen molar-refractivity contribution in [3.8, 4) is 0 Å². The van der Waals surface area contributed by atoms with Gasteiger partial charge in [0.05, 0.1) is 10.6 Å². The number of nitrogens with zero attached hydrogens (tertiary/aromatic N) is 2. The highest BCUT2D eigenvalue weighted by molar-refractivity contribution is 7.92. The summed E-state index contributed by atoms with van der Waals surface area (Å²) >= 11 is 0. The predicted octanol–water partition coefficient (Wildman–Crippen LogP) is 6.17. The number of amides is 2. The molecule has 1 unspecified atom stereocenters. The van der Waals surface area contributed by atoms with Crippen LogP contribution in [0.5, 0.6) is 0 Å². The third-order valence-electron chi connectivity index (χ3n) is 7.47. The SMILES string of the molecule is CCCNC(=O)C(Cc1ccccc1)N(Cc1ccccc1)C(=O)CN(c1ccc(C(C)C)cc1)S(=O)(=O)c1ccccc1. The van der Waals surface area contributed by atoms with Crippen molar-refractivity contribution in [3.05, 3.63) is 132 Å². The van der Waals surface area contributed by atoms with Gasteiger partial charge in [0.15, 0.2) is 0 Å². The van der Waals surface area contributed by atoms with Crippen molar-refractivity contribution >= 4 is 27.5 Å². The van der Waals surface area contributed by atoms with Gasteiger partial charge in [-0.1, -0.05) is 112 Å². The van der Waals surface area contributed by atoms with Gasteiger partial charge in [-0.15, -0.1) is 0 Å². The number of hydrogen-bond donors (Lipinski definition) is 1. The molecule has 0 heterocycles. The van der Waals surface area contributed by atoms with Crippen LogP contribution in [-0.4, -0.2) is 44.3 Å². The first-order valence-electron chi connectivity index (χ1n) is 15.0. The Labute approximate surface area is 261 Å². The number of hydrogen-bond acceptors (Lipinski definition) is 4. The van der Waals surface area contributed by atoms with Crippen LogP contribution in [0.3, 0.4) is 0 Å². The van der Waals surface area contributed by atoms with Crippen LogP contribution in [-0.2, 0) is 32.6 Å². The first-order chi connectivity index (χ1) is 21.2. The second-order valence-corrected chi connectivity index (χ2v) is 12.9. The highest BCUT2D eigenvalue weighted by Gasteiger charge is 2.34. The fraction of sp³-hybridized carbons (Fsp3) is 0.278. The third kappa shape index (κ3) is 8.35. The molecule has 44 heavy (non-hydrogen) atoms. The van der Waals surface area contributed by atoms with E-state index in [9.17, 15) is 18.0 Å². The molecule has 4 aromatic carbocycles. The fourth-order valence-electron chi connectivity index (χ4n) is 4.97. The first kappa shape index (κ1) is 32.5. The van der Waals surface area contributed by atoms with Crippen LogP contribution in [0.2, 0.25) is 0 Å². The number of sulfonamides is 1. The van der Waals surface area contributed by atoms with Crippen molar-refractivity contribution in [2.75, 3.05) is 17.4 Å². The molecule has 0 aliphatic heterocycles. The van der Waals surface area contributed by atoms with Crippen molar-refractivity contribution in [1.82, 2.24) is 10.2 Å². The van der Waals surface area contributed by atoms with Crippen molar-refractivity contribution in [2.24, 2.45) is 0 Å². The highest BCUT2D eigenvalue weighted by atomic mass is 32.2. The molecule has 1 N–H and O–H groups in total. The van der Waals surface area contributed by atoms with E-state index in [1.54, 1.807) is 30.3 Å². The lowest BCUT2D eigenvalue weighted by Crippen LogP contribution is -2.53. The molecule has 7 nitrogen and oxygen atoms in total. The van der Waals surface area contributed by atoms with Crippen molar-refractivity contribution in [2.45, 2.75) is 57.0 Å². The van der Waals surface area contributed by atoms with Gasteiger partial charge in [-0.2, -0.15) is 0 Å². The Morgan fingerprint density at radius 3 is 1.84 bits per heavy atom.